The summed E-state index contributed by atoms with van der Waals surface area (Å²) in [5, 5.41) is 10.4. The molecule has 1 heterocycles. The first-order valence-corrected chi connectivity index (χ1v) is 8.97. The Morgan fingerprint density at radius 2 is 1.91 bits per heavy atom. The summed E-state index contributed by atoms with van der Waals surface area (Å²) in [4.78, 5) is 7.17. The van der Waals surface area contributed by atoms with Crippen LogP contribution in [0.15, 0.2) is 17.1 Å². The molecule has 0 atom stereocenters. The van der Waals surface area contributed by atoms with Crippen molar-refractivity contribution in [2.24, 2.45) is 4.99 Å². The number of likely N-dealkylation sites (tertiary alicyclic amines) is 1. The Bertz CT molecular complexity index is 375. The van der Waals surface area contributed by atoms with Crippen molar-refractivity contribution in [3.63, 3.8) is 0 Å². The summed E-state index contributed by atoms with van der Waals surface area (Å²) in [6.07, 6.45) is 2.33. The molecule has 5 nitrogen and oxygen atoms in total. The smallest absolute Gasteiger partial charge is 0.191 e. The summed E-state index contributed by atoms with van der Waals surface area (Å²) in [6.45, 7) is 20.6. The molecule has 1 aliphatic heterocycles. The van der Waals surface area contributed by atoms with Gasteiger partial charge < -0.3 is 16.0 Å². The molecule has 0 bridgehead atoms. The highest BCUT2D eigenvalue weighted by Crippen LogP contribution is 2.11. The largest absolute Gasteiger partial charge is 0.357 e. The zero-order valence-electron chi connectivity index (χ0n) is 15.8. The topological polar surface area (TPSA) is 51.7 Å². The van der Waals surface area contributed by atoms with Crippen molar-refractivity contribution < 1.29 is 0 Å². The highest BCUT2D eigenvalue weighted by molar-refractivity contribution is 5.80. The van der Waals surface area contributed by atoms with Crippen molar-refractivity contribution in [2.45, 2.75) is 59.0 Å². The molecule has 0 spiro atoms. The number of piperidine rings is 1. The van der Waals surface area contributed by atoms with Crippen LogP contribution < -0.4 is 16.0 Å². The minimum Gasteiger partial charge on any atom is -0.357 e. The van der Waals surface area contributed by atoms with Crippen molar-refractivity contribution in [1.29, 1.82) is 0 Å². The molecule has 1 saturated heterocycles. The maximum absolute atomic E-state index is 4.68. The van der Waals surface area contributed by atoms with E-state index in [0.717, 1.165) is 58.1 Å². The quantitative estimate of drug-likeness (QED) is 0.290. The van der Waals surface area contributed by atoms with E-state index in [1.54, 1.807) is 0 Å². The average Bonchev–Trinajstić information content (AvgIpc) is 2.44. The highest BCUT2D eigenvalue weighted by atomic mass is 15.2. The number of aliphatic imine (C=N–C) groups is 1. The molecule has 23 heavy (non-hydrogen) atoms. The van der Waals surface area contributed by atoms with Crippen LogP contribution in [0.1, 0.15) is 47.5 Å². The molecule has 134 valence electrons. The lowest BCUT2D eigenvalue weighted by Crippen LogP contribution is -2.49. The van der Waals surface area contributed by atoms with Crippen LogP contribution in [0.3, 0.4) is 0 Å². The Morgan fingerprint density at radius 3 is 2.43 bits per heavy atom. The van der Waals surface area contributed by atoms with Gasteiger partial charge in [0.2, 0.25) is 0 Å². The third-order valence-corrected chi connectivity index (χ3v) is 3.80. The Labute approximate surface area is 143 Å². The monoisotopic (exact) mass is 323 g/mol. The van der Waals surface area contributed by atoms with Gasteiger partial charge >= 0.3 is 0 Å². The molecule has 0 aromatic rings. The standard InChI is InChI=1S/C18H37N5/c1-7-19-17(20-10-11-21-18(4,5)6)22-16-8-12-23(13-9-16)14-15(2)3/h16,21H,2,7-14H2,1,3-6H3,(H2,19,20,22). The second-order valence-corrected chi connectivity index (χ2v) is 7.59. The van der Waals surface area contributed by atoms with Gasteiger partial charge in [0.05, 0.1) is 6.54 Å². The first-order chi connectivity index (χ1) is 10.8. The summed E-state index contributed by atoms with van der Waals surface area (Å²) < 4.78 is 0. The molecule has 0 saturated carbocycles. The Morgan fingerprint density at radius 1 is 1.26 bits per heavy atom. The fourth-order valence-corrected chi connectivity index (χ4v) is 2.73. The van der Waals surface area contributed by atoms with Gasteiger partial charge in [-0.2, -0.15) is 0 Å². The predicted octanol–water partition coefficient (Wildman–Crippen LogP) is 1.97. The van der Waals surface area contributed by atoms with E-state index in [0.29, 0.717) is 6.04 Å². The van der Waals surface area contributed by atoms with Gasteiger partial charge in [0.15, 0.2) is 5.96 Å². The zero-order chi connectivity index (χ0) is 17.3. The van der Waals surface area contributed by atoms with Gasteiger partial charge in [-0.15, -0.1) is 0 Å². The van der Waals surface area contributed by atoms with E-state index in [-0.39, 0.29) is 5.54 Å². The lowest BCUT2D eigenvalue weighted by Gasteiger charge is -2.33. The summed E-state index contributed by atoms with van der Waals surface area (Å²) in [7, 11) is 0. The predicted molar refractivity (Wildman–Crippen MR) is 101 cm³/mol. The van der Waals surface area contributed by atoms with E-state index in [1.165, 1.54) is 5.57 Å². The molecule has 1 rings (SSSR count). The van der Waals surface area contributed by atoms with Crippen LogP contribution >= 0.6 is 0 Å². The number of nitrogens with one attached hydrogen (secondary N) is 3. The molecule has 1 aliphatic rings. The summed E-state index contributed by atoms with van der Waals surface area (Å²) >= 11 is 0. The van der Waals surface area contributed by atoms with Crippen LogP contribution in [0.2, 0.25) is 0 Å². The molecular weight excluding hydrogens is 286 g/mol. The molecule has 0 amide bonds. The second kappa shape index (κ2) is 9.93. The van der Waals surface area contributed by atoms with Crippen LogP contribution in [-0.4, -0.2) is 61.7 Å². The summed E-state index contributed by atoms with van der Waals surface area (Å²) in [6, 6.07) is 0.518. The normalized spacial score (nSPS) is 18.0. The SMILES string of the molecule is C=C(C)CN1CCC(NC(=NCCNC(C)(C)C)NCC)CC1. The van der Waals surface area contributed by atoms with Crippen molar-refractivity contribution >= 4 is 5.96 Å². The zero-order valence-corrected chi connectivity index (χ0v) is 15.8. The van der Waals surface area contributed by atoms with E-state index < -0.39 is 0 Å². The lowest BCUT2D eigenvalue weighted by molar-refractivity contribution is 0.221. The first kappa shape index (κ1) is 20.0. The third-order valence-electron chi connectivity index (χ3n) is 3.80. The van der Waals surface area contributed by atoms with Crippen molar-refractivity contribution in [3.8, 4) is 0 Å². The minimum atomic E-state index is 0.150. The van der Waals surface area contributed by atoms with Crippen molar-refractivity contribution in [1.82, 2.24) is 20.9 Å². The Kier molecular flexibility index (Phi) is 8.63. The summed E-state index contributed by atoms with van der Waals surface area (Å²) in [5.41, 5.74) is 1.40. The molecule has 0 unspecified atom stereocenters. The Balaban J connectivity index is 2.36. The average molecular weight is 324 g/mol. The minimum absolute atomic E-state index is 0.150. The second-order valence-electron chi connectivity index (χ2n) is 7.59. The van der Waals surface area contributed by atoms with E-state index in [2.05, 4.69) is 67.0 Å². The maximum Gasteiger partial charge on any atom is 0.191 e. The van der Waals surface area contributed by atoms with Gasteiger partial charge in [-0.1, -0.05) is 12.2 Å². The van der Waals surface area contributed by atoms with Gasteiger partial charge in [-0.25, -0.2) is 0 Å². The van der Waals surface area contributed by atoms with E-state index in [4.69, 9.17) is 0 Å². The fourth-order valence-electron chi connectivity index (χ4n) is 2.73. The number of rotatable bonds is 7. The van der Waals surface area contributed by atoms with Crippen molar-refractivity contribution in [2.75, 3.05) is 39.3 Å². The number of guanidine groups is 1. The van der Waals surface area contributed by atoms with Crippen molar-refractivity contribution in [3.05, 3.63) is 12.2 Å². The molecule has 0 aliphatic carbocycles. The van der Waals surface area contributed by atoms with Crippen LogP contribution in [0.4, 0.5) is 0 Å². The van der Waals surface area contributed by atoms with Gasteiger partial charge in [-0.3, -0.25) is 9.89 Å². The van der Waals surface area contributed by atoms with Crippen LogP contribution in [0.25, 0.3) is 0 Å². The van der Waals surface area contributed by atoms with E-state index in [1.807, 2.05) is 0 Å². The molecule has 1 fully saturated rings. The van der Waals surface area contributed by atoms with Gasteiger partial charge in [0.1, 0.15) is 0 Å². The molecule has 5 heteroatoms. The number of hydrogen-bond acceptors (Lipinski definition) is 3. The maximum atomic E-state index is 4.68. The fraction of sp³-hybridized carbons (Fsp3) is 0.833. The molecule has 0 aromatic heterocycles. The first-order valence-electron chi connectivity index (χ1n) is 8.97. The van der Waals surface area contributed by atoms with Gasteiger partial charge in [0.25, 0.3) is 0 Å². The van der Waals surface area contributed by atoms with Gasteiger partial charge in [0, 0.05) is 44.3 Å². The molecule has 3 N–H and O–H groups in total. The summed E-state index contributed by atoms with van der Waals surface area (Å²) in [5.74, 6) is 0.946. The molecule has 0 aromatic carbocycles. The van der Waals surface area contributed by atoms with Crippen LogP contribution in [0, 0.1) is 0 Å². The van der Waals surface area contributed by atoms with Crippen LogP contribution in [0.5, 0.6) is 0 Å². The third kappa shape index (κ3) is 9.61. The van der Waals surface area contributed by atoms with Crippen LogP contribution in [-0.2, 0) is 0 Å². The highest BCUT2D eigenvalue weighted by Gasteiger charge is 2.19. The number of hydrogen-bond donors (Lipinski definition) is 3. The lowest BCUT2D eigenvalue weighted by atomic mass is 10.0. The van der Waals surface area contributed by atoms with Gasteiger partial charge in [-0.05, 0) is 47.5 Å². The number of nitrogens with zero attached hydrogens (tertiary/aromatic N) is 2. The molecular formula is C18H37N5. The molecule has 0 radical (unpaired) electrons. The Hall–Kier alpha value is -1.07. The van der Waals surface area contributed by atoms with E-state index in [9.17, 15) is 0 Å². The van der Waals surface area contributed by atoms with E-state index >= 15 is 0 Å².